The fourth-order valence-corrected chi connectivity index (χ4v) is 5.03. The van der Waals surface area contributed by atoms with Crippen LogP contribution in [0.3, 0.4) is 0 Å². The number of nitrogens with zero attached hydrogens (tertiary/aromatic N) is 4. The molecular weight excluding hydrogens is 456 g/mol. The number of rotatable bonds is 5. The van der Waals surface area contributed by atoms with Crippen LogP contribution in [-0.4, -0.2) is 51.3 Å². The maximum Gasteiger partial charge on any atom is 0.253 e. The molecule has 184 valence electrons. The minimum atomic E-state index is 0.109. The smallest absolute Gasteiger partial charge is 0.253 e. The van der Waals surface area contributed by atoms with Gasteiger partial charge < -0.3 is 4.90 Å². The summed E-state index contributed by atoms with van der Waals surface area (Å²) in [6.45, 7) is 6.33. The van der Waals surface area contributed by atoms with E-state index in [1.54, 1.807) is 0 Å². The van der Waals surface area contributed by atoms with Gasteiger partial charge >= 0.3 is 0 Å². The van der Waals surface area contributed by atoms with Gasteiger partial charge in [0.05, 0.1) is 11.9 Å². The zero-order chi connectivity index (χ0) is 25.2. The normalized spacial score (nSPS) is 14.2. The number of aromatic nitrogens is 2. The van der Waals surface area contributed by atoms with E-state index in [1.165, 1.54) is 11.1 Å². The van der Waals surface area contributed by atoms with Crippen molar-refractivity contribution in [2.75, 3.05) is 26.2 Å². The van der Waals surface area contributed by atoms with Gasteiger partial charge in [0, 0.05) is 50.0 Å². The van der Waals surface area contributed by atoms with Crippen molar-refractivity contribution in [3.63, 3.8) is 0 Å². The van der Waals surface area contributed by atoms with E-state index in [2.05, 4.69) is 82.0 Å². The largest absolute Gasteiger partial charge is 0.336 e. The molecule has 0 aliphatic carbocycles. The van der Waals surface area contributed by atoms with Crippen LogP contribution in [0.1, 0.15) is 21.5 Å². The first-order valence-electron chi connectivity index (χ1n) is 12.8. The molecule has 5 nitrogen and oxygen atoms in total. The monoisotopic (exact) mass is 486 g/mol. The number of imidazole rings is 1. The number of fused-ring (bicyclic) bond motifs is 1. The van der Waals surface area contributed by atoms with E-state index in [-0.39, 0.29) is 5.91 Å². The van der Waals surface area contributed by atoms with Crippen molar-refractivity contribution in [2.24, 2.45) is 0 Å². The summed E-state index contributed by atoms with van der Waals surface area (Å²) in [6.07, 6.45) is 4.05. The lowest BCUT2D eigenvalue weighted by Gasteiger charge is -2.34. The molecule has 0 atom stereocenters. The number of aryl methyl sites for hydroxylation is 1. The van der Waals surface area contributed by atoms with E-state index in [0.29, 0.717) is 0 Å². The maximum absolute atomic E-state index is 13.2. The number of hydrogen-bond donors (Lipinski definition) is 0. The molecule has 0 bridgehead atoms. The molecule has 5 heteroatoms. The SMILES string of the molecule is Cc1ccc(-c2cnc3ccc(-c4ccc(C(=O)N5CCN(Cc6ccccc6)CC5)cc4)cn23)cc1. The Kier molecular flexibility index (Phi) is 6.29. The van der Waals surface area contributed by atoms with Crippen LogP contribution in [0.15, 0.2) is 103 Å². The van der Waals surface area contributed by atoms with E-state index in [1.807, 2.05) is 47.5 Å². The molecule has 5 aromatic rings. The summed E-state index contributed by atoms with van der Waals surface area (Å²) in [6, 6.07) is 31.2. The molecule has 1 fully saturated rings. The average molecular weight is 487 g/mol. The Morgan fingerprint density at radius 2 is 1.43 bits per heavy atom. The van der Waals surface area contributed by atoms with Crippen LogP contribution in [0.2, 0.25) is 0 Å². The average Bonchev–Trinajstić information content (AvgIpc) is 3.37. The zero-order valence-corrected chi connectivity index (χ0v) is 21.0. The summed E-state index contributed by atoms with van der Waals surface area (Å²) < 4.78 is 2.13. The van der Waals surface area contributed by atoms with Gasteiger partial charge in [0.25, 0.3) is 5.91 Å². The zero-order valence-electron chi connectivity index (χ0n) is 21.0. The van der Waals surface area contributed by atoms with Crippen LogP contribution in [0, 0.1) is 6.92 Å². The highest BCUT2D eigenvalue weighted by molar-refractivity contribution is 5.94. The molecule has 6 rings (SSSR count). The van der Waals surface area contributed by atoms with E-state index in [0.717, 1.165) is 66.3 Å². The molecule has 2 aromatic heterocycles. The lowest BCUT2D eigenvalue weighted by molar-refractivity contribution is 0.0628. The molecule has 37 heavy (non-hydrogen) atoms. The molecule has 1 aliphatic heterocycles. The number of piperazine rings is 1. The Labute approximate surface area is 217 Å². The van der Waals surface area contributed by atoms with Crippen molar-refractivity contribution in [3.8, 4) is 22.4 Å². The molecule has 1 saturated heterocycles. The van der Waals surface area contributed by atoms with Crippen molar-refractivity contribution in [1.29, 1.82) is 0 Å². The van der Waals surface area contributed by atoms with Crippen LogP contribution in [0.4, 0.5) is 0 Å². The number of carbonyl (C=O) groups excluding carboxylic acids is 1. The van der Waals surface area contributed by atoms with Crippen LogP contribution in [0.5, 0.6) is 0 Å². The summed E-state index contributed by atoms with van der Waals surface area (Å²) in [5.41, 5.74) is 8.58. The summed E-state index contributed by atoms with van der Waals surface area (Å²) in [7, 11) is 0. The number of hydrogen-bond acceptors (Lipinski definition) is 3. The van der Waals surface area contributed by atoms with E-state index in [4.69, 9.17) is 0 Å². The molecule has 1 aliphatic rings. The van der Waals surface area contributed by atoms with Crippen LogP contribution in [-0.2, 0) is 6.54 Å². The first-order chi connectivity index (χ1) is 18.1. The predicted octanol–water partition coefficient (Wildman–Crippen LogP) is 5.93. The third kappa shape index (κ3) is 4.91. The summed E-state index contributed by atoms with van der Waals surface area (Å²) >= 11 is 0. The van der Waals surface area contributed by atoms with Crippen LogP contribution in [0.25, 0.3) is 28.0 Å². The van der Waals surface area contributed by atoms with Gasteiger partial charge in [0.2, 0.25) is 0 Å². The van der Waals surface area contributed by atoms with E-state index >= 15 is 0 Å². The van der Waals surface area contributed by atoms with Crippen molar-refractivity contribution in [1.82, 2.24) is 19.2 Å². The topological polar surface area (TPSA) is 40.9 Å². The van der Waals surface area contributed by atoms with Gasteiger partial charge in [-0.3, -0.25) is 14.1 Å². The summed E-state index contributed by atoms with van der Waals surface area (Å²) in [5.74, 6) is 0.109. The van der Waals surface area contributed by atoms with Gasteiger partial charge in [-0.2, -0.15) is 0 Å². The van der Waals surface area contributed by atoms with Gasteiger partial charge in [0.15, 0.2) is 0 Å². The summed E-state index contributed by atoms with van der Waals surface area (Å²) in [4.78, 5) is 22.1. The fourth-order valence-electron chi connectivity index (χ4n) is 5.03. The van der Waals surface area contributed by atoms with Crippen molar-refractivity contribution in [2.45, 2.75) is 13.5 Å². The second-order valence-electron chi connectivity index (χ2n) is 9.79. The molecule has 0 unspecified atom stereocenters. The minimum absolute atomic E-state index is 0.109. The predicted molar refractivity (Wildman–Crippen MR) is 148 cm³/mol. The van der Waals surface area contributed by atoms with E-state index in [9.17, 15) is 4.79 Å². The lowest BCUT2D eigenvalue weighted by Crippen LogP contribution is -2.48. The van der Waals surface area contributed by atoms with Crippen molar-refractivity contribution in [3.05, 3.63) is 120 Å². The van der Waals surface area contributed by atoms with Crippen molar-refractivity contribution < 1.29 is 4.79 Å². The van der Waals surface area contributed by atoms with E-state index < -0.39 is 0 Å². The fraction of sp³-hybridized carbons (Fsp3) is 0.188. The van der Waals surface area contributed by atoms with Gasteiger partial charge in [-0.1, -0.05) is 72.3 Å². The quantitative estimate of drug-likeness (QED) is 0.309. The van der Waals surface area contributed by atoms with Gasteiger partial charge in [-0.25, -0.2) is 4.98 Å². The van der Waals surface area contributed by atoms with Crippen LogP contribution < -0.4 is 0 Å². The molecule has 0 saturated carbocycles. The number of amides is 1. The lowest BCUT2D eigenvalue weighted by atomic mass is 10.0. The third-order valence-corrected chi connectivity index (χ3v) is 7.23. The first-order valence-corrected chi connectivity index (χ1v) is 12.8. The second-order valence-corrected chi connectivity index (χ2v) is 9.79. The second kappa shape index (κ2) is 10.0. The Balaban J connectivity index is 1.15. The Morgan fingerprint density at radius 3 is 2.16 bits per heavy atom. The van der Waals surface area contributed by atoms with Crippen LogP contribution >= 0.6 is 0 Å². The van der Waals surface area contributed by atoms with Crippen molar-refractivity contribution >= 4 is 11.6 Å². The highest BCUT2D eigenvalue weighted by atomic mass is 16.2. The Hall–Kier alpha value is -4.22. The standard InChI is InChI=1S/C32H30N4O/c1-24-7-9-27(10-8-24)30-21-33-31-16-15-29(23-36(30)31)26-11-13-28(14-12-26)32(37)35-19-17-34(18-20-35)22-25-5-3-2-4-6-25/h2-16,21,23H,17-20,22H2,1H3. The number of carbonyl (C=O) groups is 1. The number of pyridine rings is 1. The van der Waals surface area contributed by atoms with Gasteiger partial charge in [-0.05, 0) is 47.9 Å². The molecule has 1 amide bonds. The molecule has 0 N–H and O–H groups in total. The molecule has 3 aromatic carbocycles. The first kappa shape index (κ1) is 23.2. The third-order valence-electron chi connectivity index (χ3n) is 7.23. The highest BCUT2D eigenvalue weighted by Crippen LogP contribution is 2.26. The molecular formula is C32H30N4O. The molecule has 0 spiro atoms. The highest BCUT2D eigenvalue weighted by Gasteiger charge is 2.22. The number of benzene rings is 3. The minimum Gasteiger partial charge on any atom is -0.336 e. The maximum atomic E-state index is 13.2. The Bertz CT molecular complexity index is 1510. The Morgan fingerprint density at radius 1 is 0.757 bits per heavy atom. The van der Waals surface area contributed by atoms with Gasteiger partial charge in [-0.15, -0.1) is 0 Å². The summed E-state index contributed by atoms with van der Waals surface area (Å²) in [5, 5.41) is 0. The molecule has 3 heterocycles. The van der Waals surface area contributed by atoms with Gasteiger partial charge in [0.1, 0.15) is 5.65 Å². The molecule has 0 radical (unpaired) electrons.